The number of nitrogens with zero attached hydrogens (tertiary/aromatic N) is 2. The van der Waals surface area contributed by atoms with Crippen molar-refractivity contribution >= 4 is 17.3 Å². The summed E-state index contributed by atoms with van der Waals surface area (Å²) >= 11 is 6.11. The molecule has 0 aliphatic heterocycles. The number of rotatable bonds is 7. The summed E-state index contributed by atoms with van der Waals surface area (Å²) in [5, 5.41) is 7.51. The van der Waals surface area contributed by atoms with Gasteiger partial charge in [-0.3, -0.25) is 4.79 Å². The van der Waals surface area contributed by atoms with Crippen molar-refractivity contribution in [3.8, 4) is 0 Å². The van der Waals surface area contributed by atoms with Crippen LogP contribution in [0.5, 0.6) is 0 Å². The second-order valence-electron chi connectivity index (χ2n) is 4.98. The Bertz CT molecular complexity index is 458. The molecule has 0 amide bonds. The summed E-state index contributed by atoms with van der Waals surface area (Å²) in [7, 11) is 0. The van der Waals surface area contributed by atoms with E-state index in [1.807, 2.05) is 0 Å². The molecule has 1 unspecified atom stereocenters. The molecule has 5 nitrogen and oxygen atoms in total. The molecule has 0 aliphatic carbocycles. The lowest BCUT2D eigenvalue weighted by Crippen LogP contribution is -2.35. The molecule has 19 heavy (non-hydrogen) atoms. The van der Waals surface area contributed by atoms with E-state index in [4.69, 9.17) is 17.3 Å². The maximum atomic E-state index is 12.0. The predicted molar refractivity (Wildman–Crippen MR) is 79.7 cm³/mol. The van der Waals surface area contributed by atoms with Crippen LogP contribution in [0.4, 0.5) is 5.69 Å². The Labute approximate surface area is 119 Å². The lowest BCUT2D eigenvalue weighted by atomic mass is 10.0. The number of nitrogens with one attached hydrogen (secondary N) is 1. The summed E-state index contributed by atoms with van der Waals surface area (Å²) in [6.07, 6.45) is 3.52. The zero-order valence-corrected chi connectivity index (χ0v) is 12.6. The average molecular weight is 287 g/mol. The molecule has 0 aromatic carbocycles. The van der Waals surface area contributed by atoms with Gasteiger partial charge in [0.15, 0.2) is 0 Å². The van der Waals surface area contributed by atoms with Gasteiger partial charge in [-0.25, -0.2) is 4.68 Å². The summed E-state index contributed by atoms with van der Waals surface area (Å²) in [5.41, 5.74) is 6.00. The Kier molecular flexibility index (Phi) is 6.31. The third-order valence-electron chi connectivity index (χ3n) is 3.11. The monoisotopic (exact) mass is 286 g/mol. The zero-order valence-electron chi connectivity index (χ0n) is 11.8. The van der Waals surface area contributed by atoms with Crippen molar-refractivity contribution in [3.63, 3.8) is 0 Å². The molecule has 1 heterocycles. The van der Waals surface area contributed by atoms with Crippen LogP contribution in [0.15, 0.2) is 11.0 Å². The molecule has 1 atom stereocenters. The van der Waals surface area contributed by atoms with Gasteiger partial charge >= 0.3 is 0 Å². The van der Waals surface area contributed by atoms with Crippen LogP contribution in [0.25, 0.3) is 0 Å². The molecule has 0 bridgehead atoms. The molecule has 0 fully saturated rings. The molecule has 6 heteroatoms. The zero-order chi connectivity index (χ0) is 14.4. The third kappa shape index (κ3) is 4.21. The van der Waals surface area contributed by atoms with Crippen LogP contribution in [-0.2, 0) is 6.54 Å². The Morgan fingerprint density at radius 1 is 1.53 bits per heavy atom. The summed E-state index contributed by atoms with van der Waals surface area (Å²) in [4.78, 5) is 12.0. The quantitative estimate of drug-likeness (QED) is 0.805. The maximum absolute atomic E-state index is 12.0. The minimum absolute atomic E-state index is 0.0743. The van der Waals surface area contributed by atoms with Crippen molar-refractivity contribution in [1.82, 2.24) is 9.78 Å². The van der Waals surface area contributed by atoms with Crippen LogP contribution in [-0.4, -0.2) is 22.4 Å². The van der Waals surface area contributed by atoms with Gasteiger partial charge < -0.3 is 11.1 Å². The van der Waals surface area contributed by atoms with E-state index in [2.05, 4.69) is 31.2 Å². The van der Waals surface area contributed by atoms with Crippen LogP contribution < -0.4 is 16.6 Å². The van der Waals surface area contributed by atoms with E-state index in [1.54, 1.807) is 6.20 Å². The summed E-state index contributed by atoms with van der Waals surface area (Å²) < 4.78 is 1.41. The normalized spacial score (nSPS) is 12.7. The van der Waals surface area contributed by atoms with Gasteiger partial charge in [-0.05, 0) is 12.3 Å². The average Bonchev–Trinajstić information content (AvgIpc) is 2.39. The highest BCUT2D eigenvalue weighted by Gasteiger charge is 2.15. The molecule has 1 rings (SSSR count). The van der Waals surface area contributed by atoms with Crippen molar-refractivity contribution in [1.29, 1.82) is 0 Å². The molecule has 0 saturated carbocycles. The van der Waals surface area contributed by atoms with E-state index in [9.17, 15) is 4.79 Å². The summed E-state index contributed by atoms with van der Waals surface area (Å²) in [5.74, 6) is 0.351. The highest BCUT2D eigenvalue weighted by atomic mass is 35.5. The van der Waals surface area contributed by atoms with Gasteiger partial charge in [0.05, 0.1) is 11.9 Å². The Morgan fingerprint density at radius 2 is 2.21 bits per heavy atom. The number of hydrogen-bond acceptors (Lipinski definition) is 4. The van der Waals surface area contributed by atoms with Crippen LogP contribution in [0.3, 0.4) is 0 Å². The van der Waals surface area contributed by atoms with Crippen molar-refractivity contribution in [2.24, 2.45) is 11.7 Å². The van der Waals surface area contributed by atoms with Crippen molar-refractivity contribution in [2.75, 3.05) is 11.9 Å². The highest BCUT2D eigenvalue weighted by molar-refractivity contribution is 6.32. The molecular weight excluding hydrogens is 264 g/mol. The van der Waals surface area contributed by atoms with Gasteiger partial charge in [-0.15, -0.1) is 0 Å². The Balaban J connectivity index is 2.93. The van der Waals surface area contributed by atoms with Crippen molar-refractivity contribution in [2.45, 2.75) is 46.2 Å². The fraction of sp³-hybridized carbons (Fsp3) is 0.692. The standard InChI is InChI=1S/C13H23ClN4O/c1-4-5-6-18-13(19)12(14)11(8-16-18)17-10(7-15)9(2)3/h8-10,17H,4-7,15H2,1-3H3. The van der Waals surface area contributed by atoms with E-state index in [0.717, 1.165) is 12.8 Å². The predicted octanol–water partition coefficient (Wildman–Crippen LogP) is 2.09. The number of hydrogen-bond donors (Lipinski definition) is 2. The second-order valence-corrected chi connectivity index (χ2v) is 5.36. The second kappa shape index (κ2) is 7.50. The van der Waals surface area contributed by atoms with Crippen LogP contribution in [0, 0.1) is 5.92 Å². The molecule has 0 saturated heterocycles. The Hall–Kier alpha value is -1.07. The van der Waals surface area contributed by atoms with Gasteiger partial charge in [0.25, 0.3) is 5.56 Å². The minimum Gasteiger partial charge on any atom is -0.378 e. The van der Waals surface area contributed by atoms with Crippen molar-refractivity contribution in [3.05, 3.63) is 21.6 Å². The molecule has 108 valence electrons. The van der Waals surface area contributed by atoms with Gasteiger partial charge in [-0.2, -0.15) is 5.10 Å². The minimum atomic E-state index is -0.250. The van der Waals surface area contributed by atoms with Gasteiger partial charge in [0, 0.05) is 19.1 Å². The fourth-order valence-electron chi connectivity index (χ4n) is 1.73. The van der Waals surface area contributed by atoms with Gasteiger partial charge in [-0.1, -0.05) is 38.8 Å². The SMILES string of the molecule is CCCCn1ncc(NC(CN)C(C)C)c(Cl)c1=O. The van der Waals surface area contributed by atoms with Crippen LogP contribution >= 0.6 is 11.6 Å². The van der Waals surface area contributed by atoms with Crippen LogP contribution in [0.2, 0.25) is 5.02 Å². The first-order valence-electron chi connectivity index (χ1n) is 6.73. The molecule has 0 radical (unpaired) electrons. The molecule has 1 aromatic rings. The number of nitrogens with two attached hydrogens (primary N) is 1. The summed E-state index contributed by atoms with van der Waals surface area (Å²) in [6.45, 7) is 7.27. The number of aryl methyl sites for hydroxylation is 1. The van der Waals surface area contributed by atoms with E-state index in [-0.39, 0.29) is 16.6 Å². The molecule has 0 aliphatic rings. The lowest BCUT2D eigenvalue weighted by Gasteiger charge is -2.22. The smallest absolute Gasteiger partial charge is 0.287 e. The molecular formula is C13H23ClN4O. The number of anilines is 1. The topological polar surface area (TPSA) is 72.9 Å². The highest BCUT2D eigenvalue weighted by Crippen LogP contribution is 2.18. The number of halogens is 1. The van der Waals surface area contributed by atoms with E-state index in [1.165, 1.54) is 4.68 Å². The summed E-state index contributed by atoms with van der Waals surface area (Å²) in [6, 6.07) is 0.0743. The third-order valence-corrected chi connectivity index (χ3v) is 3.47. The first-order chi connectivity index (χ1) is 9.01. The van der Waals surface area contributed by atoms with E-state index in [0.29, 0.717) is 24.7 Å². The largest absolute Gasteiger partial charge is 0.378 e. The van der Waals surface area contributed by atoms with Crippen molar-refractivity contribution < 1.29 is 0 Å². The number of aromatic nitrogens is 2. The van der Waals surface area contributed by atoms with E-state index >= 15 is 0 Å². The Morgan fingerprint density at radius 3 is 2.74 bits per heavy atom. The van der Waals surface area contributed by atoms with Gasteiger partial charge in [0.1, 0.15) is 5.02 Å². The molecule has 1 aromatic heterocycles. The maximum Gasteiger partial charge on any atom is 0.287 e. The van der Waals surface area contributed by atoms with Crippen LogP contribution in [0.1, 0.15) is 33.6 Å². The first-order valence-corrected chi connectivity index (χ1v) is 7.11. The molecule has 0 spiro atoms. The fourth-order valence-corrected chi connectivity index (χ4v) is 1.93. The van der Waals surface area contributed by atoms with E-state index < -0.39 is 0 Å². The molecule has 3 N–H and O–H groups in total. The van der Waals surface area contributed by atoms with Gasteiger partial charge in [0.2, 0.25) is 0 Å². The lowest BCUT2D eigenvalue weighted by molar-refractivity contribution is 0.525. The first kappa shape index (κ1) is 16.0. The number of unbranched alkanes of at least 4 members (excludes halogenated alkanes) is 1.